The molecule has 0 aliphatic rings. The summed E-state index contributed by atoms with van der Waals surface area (Å²) in [5.41, 5.74) is 0. The van der Waals surface area contributed by atoms with E-state index in [4.69, 9.17) is 4.74 Å². The van der Waals surface area contributed by atoms with Gasteiger partial charge < -0.3 is 20.3 Å². The number of hydrogen-bond donors (Lipinski definition) is 3. The van der Waals surface area contributed by atoms with Crippen LogP contribution < -0.4 is 5.32 Å². The number of amides is 1. The van der Waals surface area contributed by atoms with Crippen molar-refractivity contribution < 1.29 is 24.5 Å². The summed E-state index contributed by atoms with van der Waals surface area (Å²) < 4.78 is 5.93. The number of aliphatic hydroxyl groups is 2. The van der Waals surface area contributed by atoms with Crippen LogP contribution in [0.1, 0.15) is 278 Å². The Morgan fingerprint density at radius 1 is 0.462 bits per heavy atom. The van der Waals surface area contributed by atoms with Gasteiger partial charge in [-0.05, 0) is 70.6 Å². The molecular weight excluding hydrogens is 803 g/mol. The second-order valence-electron chi connectivity index (χ2n) is 19.0. The molecule has 6 heteroatoms. The first kappa shape index (κ1) is 62.6. The maximum absolute atomic E-state index is 13.2. The zero-order valence-electron chi connectivity index (χ0n) is 43.1. The predicted octanol–water partition coefficient (Wildman–Crippen LogP) is 17.2. The lowest BCUT2D eigenvalue weighted by Crippen LogP contribution is -2.46. The molecule has 0 aliphatic heterocycles. The van der Waals surface area contributed by atoms with Crippen molar-refractivity contribution >= 4 is 11.9 Å². The number of unbranched alkanes of at least 4 members (excludes halogenated alkanes) is 28. The van der Waals surface area contributed by atoms with Gasteiger partial charge in [-0.2, -0.15) is 0 Å². The van der Waals surface area contributed by atoms with E-state index in [0.717, 1.165) is 96.3 Å². The molecule has 6 nitrogen and oxygen atoms in total. The number of ether oxygens (including phenoxy) is 1. The third kappa shape index (κ3) is 47.8. The molecule has 0 heterocycles. The van der Waals surface area contributed by atoms with Gasteiger partial charge in [-0.15, -0.1) is 0 Å². The molecule has 0 rings (SSSR count). The monoisotopic (exact) mass is 910 g/mol. The molecule has 3 atom stereocenters. The van der Waals surface area contributed by atoms with Gasteiger partial charge in [0.05, 0.1) is 25.2 Å². The second kappa shape index (κ2) is 52.5. The minimum Gasteiger partial charge on any atom is -0.462 e. The second-order valence-corrected chi connectivity index (χ2v) is 19.0. The fourth-order valence-corrected chi connectivity index (χ4v) is 8.40. The lowest BCUT2D eigenvalue weighted by Gasteiger charge is -2.24. The van der Waals surface area contributed by atoms with Crippen LogP contribution in [0.2, 0.25) is 0 Å². The molecule has 1 amide bonds. The van der Waals surface area contributed by atoms with Gasteiger partial charge >= 0.3 is 5.97 Å². The van der Waals surface area contributed by atoms with Gasteiger partial charge in [-0.3, -0.25) is 9.59 Å². The van der Waals surface area contributed by atoms with Gasteiger partial charge in [0, 0.05) is 6.42 Å². The summed E-state index contributed by atoms with van der Waals surface area (Å²) >= 11 is 0. The summed E-state index contributed by atoms with van der Waals surface area (Å²) in [4.78, 5) is 26.2. The van der Waals surface area contributed by atoms with E-state index in [1.165, 1.54) is 135 Å². The van der Waals surface area contributed by atoms with Crippen LogP contribution in [-0.4, -0.2) is 46.9 Å². The van der Waals surface area contributed by atoms with Crippen LogP contribution in [0.4, 0.5) is 0 Å². The van der Waals surface area contributed by atoms with E-state index >= 15 is 0 Å². The third-order valence-electron chi connectivity index (χ3n) is 12.6. The van der Waals surface area contributed by atoms with Gasteiger partial charge in [0.2, 0.25) is 5.91 Å². The summed E-state index contributed by atoms with van der Waals surface area (Å²) in [7, 11) is 0. The maximum atomic E-state index is 13.2. The lowest BCUT2D eigenvalue weighted by atomic mass is 10.0. The first-order chi connectivity index (χ1) is 32.0. The summed E-state index contributed by atoms with van der Waals surface area (Å²) in [6, 6.07) is -0.708. The minimum atomic E-state index is -0.794. The van der Waals surface area contributed by atoms with Crippen molar-refractivity contribution in [2.75, 3.05) is 6.61 Å². The van der Waals surface area contributed by atoms with Gasteiger partial charge in [0.15, 0.2) is 0 Å². The summed E-state index contributed by atoms with van der Waals surface area (Å²) in [5.74, 6) is -0.504. The molecule has 378 valence electrons. The normalized spacial score (nSPS) is 13.6. The molecule has 0 aromatic heterocycles. The van der Waals surface area contributed by atoms with Crippen molar-refractivity contribution in [2.24, 2.45) is 0 Å². The molecule has 0 aromatic rings. The largest absolute Gasteiger partial charge is 0.462 e. The van der Waals surface area contributed by atoms with Crippen LogP contribution in [0.25, 0.3) is 0 Å². The van der Waals surface area contributed by atoms with E-state index in [9.17, 15) is 19.8 Å². The predicted molar refractivity (Wildman–Crippen MR) is 282 cm³/mol. The van der Waals surface area contributed by atoms with Crippen LogP contribution in [0.3, 0.4) is 0 Å². The fraction of sp³-hybridized carbons (Fsp3) is 0.797. The number of rotatable bonds is 50. The van der Waals surface area contributed by atoms with Crippen molar-refractivity contribution in [3.8, 4) is 0 Å². The standard InChI is InChI=1S/C59H107NO5/c1-4-7-10-13-16-19-22-24-26-28-29-30-32-34-37-40-43-46-49-52-59(64)65-55(50-47-44-41-38-35-21-18-15-12-9-6-3)53-58(63)60-56(54-61)57(62)51-48-45-42-39-36-33-31-27-25-23-20-17-14-11-8-5-2/h7,10,16,19,24,26,29-30,34,37,55-57,61-62H,4-6,8-9,11-15,17-18,20-23,25,27-28,31-33,35-36,38-54H2,1-3H3,(H,60,63)/b10-7-,19-16-,26-24-,30-29-,37-34-. The Kier molecular flexibility index (Phi) is 50.6. The van der Waals surface area contributed by atoms with Crippen LogP contribution in [0, 0.1) is 0 Å². The zero-order chi connectivity index (χ0) is 47.4. The molecule has 0 spiro atoms. The Bertz CT molecular complexity index is 1160. The molecular formula is C59H107NO5. The Morgan fingerprint density at radius 2 is 0.831 bits per heavy atom. The molecule has 0 saturated carbocycles. The van der Waals surface area contributed by atoms with E-state index in [-0.39, 0.29) is 24.9 Å². The average molecular weight is 911 g/mol. The van der Waals surface area contributed by atoms with E-state index in [1.807, 2.05) is 0 Å². The van der Waals surface area contributed by atoms with Crippen LogP contribution in [0.5, 0.6) is 0 Å². The smallest absolute Gasteiger partial charge is 0.306 e. The molecule has 65 heavy (non-hydrogen) atoms. The Morgan fingerprint density at radius 3 is 1.25 bits per heavy atom. The number of carbonyl (C=O) groups excluding carboxylic acids is 2. The average Bonchev–Trinajstić information content (AvgIpc) is 3.30. The van der Waals surface area contributed by atoms with Crippen LogP contribution >= 0.6 is 0 Å². The quantitative estimate of drug-likeness (QED) is 0.0321. The molecule has 0 saturated heterocycles. The number of aliphatic hydroxyl groups excluding tert-OH is 2. The SMILES string of the molecule is CC/C=C\C/C=C\C/C=C\C/C=C\C/C=C\CCCCCC(=O)OC(CCCCCCCCCCCCC)CC(=O)NC(CO)C(O)CCCCCCCCCCCCCCCCCC. The molecule has 3 N–H and O–H groups in total. The zero-order valence-corrected chi connectivity index (χ0v) is 43.1. The highest BCUT2D eigenvalue weighted by Crippen LogP contribution is 2.18. The van der Waals surface area contributed by atoms with E-state index < -0.39 is 18.2 Å². The first-order valence-electron chi connectivity index (χ1n) is 28.0. The summed E-state index contributed by atoms with van der Waals surface area (Å²) in [6.45, 7) is 6.38. The van der Waals surface area contributed by atoms with E-state index in [0.29, 0.717) is 19.3 Å². The van der Waals surface area contributed by atoms with Crippen molar-refractivity contribution in [3.05, 3.63) is 60.8 Å². The Balaban J connectivity index is 4.53. The number of nitrogens with one attached hydrogen (secondary N) is 1. The Hall–Kier alpha value is -2.44. The van der Waals surface area contributed by atoms with Gasteiger partial charge in [-0.25, -0.2) is 0 Å². The van der Waals surface area contributed by atoms with Crippen LogP contribution in [-0.2, 0) is 14.3 Å². The van der Waals surface area contributed by atoms with Gasteiger partial charge in [0.25, 0.3) is 0 Å². The van der Waals surface area contributed by atoms with Crippen LogP contribution in [0.15, 0.2) is 60.8 Å². The fourth-order valence-electron chi connectivity index (χ4n) is 8.40. The van der Waals surface area contributed by atoms with Crippen molar-refractivity contribution in [2.45, 2.75) is 296 Å². The van der Waals surface area contributed by atoms with Gasteiger partial charge in [-0.1, -0.05) is 255 Å². The van der Waals surface area contributed by atoms with E-state index in [1.54, 1.807) is 0 Å². The van der Waals surface area contributed by atoms with Crippen molar-refractivity contribution in [1.29, 1.82) is 0 Å². The summed E-state index contributed by atoms with van der Waals surface area (Å²) in [5, 5.41) is 23.8. The molecule has 0 aromatic carbocycles. The minimum absolute atomic E-state index is 0.0653. The molecule has 0 bridgehead atoms. The number of carbonyl (C=O) groups is 2. The number of esters is 1. The summed E-state index contributed by atoms with van der Waals surface area (Å²) in [6.07, 6.45) is 65.7. The highest BCUT2D eigenvalue weighted by molar-refractivity contribution is 5.77. The molecule has 0 fully saturated rings. The lowest BCUT2D eigenvalue weighted by molar-refractivity contribution is -0.151. The number of allylic oxidation sites excluding steroid dienone is 10. The highest BCUT2D eigenvalue weighted by Gasteiger charge is 2.24. The topological polar surface area (TPSA) is 95.9 Å². The van der Waals surface area contributed by atoms with Crippen molar-refractivity contribution in [3.63, 3.8) is 0 Å². The van der Waals surface area contributed by atoms with Gasteiger partial charge in [0.1, 0.15) is 6.10 Å². The molecule has 3 unspecified atom stereocenters. The first-order valence-corrected chi connectivity index (χ1v) is 28.0. The number of hydrogen-bond acceptors (Lipinski definition) is 5. The highest BCUT2D eigenvalue weighted by atomic mass is 16.5. The third-order valence-corrected chi connectivity index (χ3v) is 12.6. The molecule has 0 aliphatic carbocycles. The Labute approximate surface area is 403 Å². The van der Waals surface area contributed by atoms with Crippen molar-refractivity contribution in [1.82, 2.24) is 5.32 Å². The van der Waals surface area contributed by atoms with E-state index in [2.05, 4.69) is 86.8 Å². The molecule has 0 radical (unpaired) electrons. The maximum Gasteiger partial charge on any atom is 0.306 e.